The van der Waals surface area contributed by atoms with Gasteiger partial charge in [0, 0.05) is 27.2 Å². The van der Waals surface area contributed by atoms with Crippen LogP contribution in [0.2, 0.25) is 0 Å². The van der Waals surface area contributed by atoms with E-state index in [0.717, 1.165) is 0 Å². The summed E-state index contributed by atoms with van der Waals surface area (Å²) in [7, 11) is 3.03. The lowest BCUT2D eigenvalue weighted by Gasteiger charge is -2.23. The molecule has 0 spiro atoms. The Morgan fingerprint density at radius 2 is 1.79 bits per heavy atom. The first-order valence-electron chi connectivity index (χ1n) is 6.20. The highest BCUT2D eigenvalue weighted by Crippen LogP contribution is 2.02. The van der Waals surface area contributed by atoms with Crippen LogP contribution >= 0.6 is 0 Å². The second-order valence-electron chi connectivity index (χ2n) is 4.60. The van der Waals surface area contributed by atoms with Gasteiger partial charge in [0.15, 0.2) is 0 Å². The van der Waals surface area contributed by atoms with E-state index in [0.29, 0.717) is 6.61 Å². The number of urea groups is 1. The number of aliphatic carboxylic acids is 1. The van der Waals surface area contributed by atoms with Crippen LogP contribution in [0.4, 0.5) is 4.79 Å². The van der Waals surface area contributed by atoms with Crippen molar-refractivity contribution in [2.45, 2.75) is 32.4 Å². The number of carbonyl (C=O) groups excluding carboxylic acids is 1. The number of hydrogen-bond donors (Lipinski definition) is 3. The van der Waals surface area contributed by atoms with Gasteiger partial charge in [0.05, 0.1) is 12.6 Å². The quantitative estimate of drug-likeness (QED) is 0.568. The van der Waals surface area contributed by atoms with Crippen LogP contribution in [0.3, 0.4) is 0 Å². The standard InChI is InChI=1S/C12H24N2O5/c1-8(2)10(7-19-4)14-12(17)13-9(11(15)16)5-6-18-3/h8-10H,5-7H2,1-4H3,(H,15,16)(H2,13,14,17). The van der Waals surface area contributed by atoms with Crippen LogP contribution in [-0.2, 0) is 14.3 Å². The maximum Gasteiger partial charge on any atom is 0.326 e. The van der Waals surface area contributed by atoms with Crippen LogP contribution in [0.5, 0.6) is 0 Å². The molecule has 0 radical (unpaired) electrons. The van der Waals surface area contributed by atoms with E-state index in [2.05, 4.69) is 10.6 Å². The van der Waals surface area contributed by atoms with Crippen LogP contribution in [-0.4, -0.2) is 56.6 Å². The molecule has 0 heterocycles. The summed E-state index contributed by atoms with van der Waals surface area (Å²) in [6.45, 7) is 4.54. The fraction of sp³-hybridized carbons (Fsp3) is 0.833. The molecule has 3 N–H and O–H groups in total. The first-order valence-corrected chi connectivity index (χ1v) is 6.20. The zero-order chi connectivity index (χ0) is 14.8. The van der Waals surface area contributed by atoms with Gasteiger partial charge in [-0.1, -0.05) is 13.8 Å². The van der Waals surface area contributed by atoms with Crippen LogP contribution in [0.25, 0.3) is 0 Å². The molecule has 2 atom stereocenters. The third kappa shape index (κ3) is 7.63. The van der Waals surface area contributed by atoms with Gasteiger partial charge in [-0.3, -0.25) is 0 Å². The van der Waals surface area contributed by atoms with Crippen molar-refractivity contribution in [3.8, 4) is 0 Å². The Hall–Kier alpha value is -1.34. The van der Waals surface area contributed by atoms with Gasteiger partial charge >= 0.3 is 12.0 Å². The van der Waals surface area contributed by atoms with Crippen molar-refractivity contribution >= 4 is 12.0 Å². The summed E-state index contributed by atoms with van der Waals surface area (Å²) in [6, 6.07) is -1.64. The number of carboxylic acids is 1. The minimum atomic E-state index is -1.08. The van der Waals surface area contributed by atoms with Crippen LogP contribution in [0, 0.1) is 5.92 Å². The van der Waals surface area contributed by atoms with Gasteiger partial charge in [0.2, 0.25) is 0 Å². The highest BCUT2D eigenvalue weighted by atomic mass is 16.5. The molecule has 0 saturated carbocycles. The summed E-state index contributed by atoms with van der Waals surface area (Å²) in [5.41, 5.74) is 0. The number of ether oxygens (including phenoxy) is 2. The summed E-state index contributed by atoms with van der Waals surface area (Å²) in [4.78, 5) is 22.7. The van der Waals surface area contributed by atoms with Gasteiger partial charge < -0.3 is 25.2 Å². The van der Waals surface area contributed by atoms with E-state index >= 15 is 0 Å². The fourth-order valence-corrected chi connectivity index (χ4v) is 1.44. The van der Waals surface area contributed by atoms with Crippen molar-refractivity contribution in [1.29, 1.82) is 0 Å². The molecule has 2 amide bonds. The van der Waals surface area contributed by atoms with Gasteiger partial charge in [-0.2, -0.15) is 0 Å². The molecule has 0 aromatic heterocycles. The van der Waals surface area contributed by atoms with Crippen molar-refractivity contribution in [3.05, 3.63) is 0 Å². The van der Waals surface area contributed by atoms with E-state index in [1.807, 2.05) is 13.8 Å². The molecular formula is C12H24N2O5. The minimum Gasteiger partial charge on any atom is -0.480 e. The van der Waals surface area contributed by atoms with E-state index in [9.17, 15) is 9.59 Å². The zero-order valence-electron chi connectivity index (χ0n) is 11.9. The Kier molecular flexibility index (Phi) is 8.90. The third-order valence-corrected chi connectivity index (χ3v) is 2.68. The van der Waals surface area contributed by atoms with Crippen LogP contribution < -0.4 is 10.6 Å². The molecule has 0 aliphatic carbocycles. The Balaban J connectivity index is 4.34. The number of methoxy groups -OCH3 is 2. The lowest BCUT2D eigenvalue weighted by molar-refractivity contribution is -0.139. The van der Waals surface area contributed by atoms with Gasteiger partial charge in [0.25, 0.3) is 0 Å². The molecule has 0 aromatic rings. The van der Waals surface area contributed by atoms with Crippen molar-refractivity contribution in [3.63, 3.8) is 0 Å². The Morgan fingerprint density at radius 1 is 1.16 bits per heavy atom. The molecule has 0 saturated heterocycles. The predicted molar refractivity (Wildman–Crippen MR) is 70.1 cm³/mol. The number of carboxylic acid groups (broad SMARTS) is 1. The van der Waals surface area contributed by atoms with Crippen LogP contribution in [0.15, 0.2) is 0 Å². The maximum atomic E-state index is 11.7. The predicted octanol–water partition coefficient (Wildman–Crippen LogP) is 0.446. The lowest BCUT2D eigenvalue weighted by atomic mass is 10.1. The third-order valence-electron chi connectivity index (χ3n) is 2.68. The molecule has 2 unspecified atom stereocenters. The van der Waals surface area contributed by atoms with Crippen LogP contribution in [0.1, 0.15) is 20.3 Å². The molecule has 112 valence electrons. The van der Waals surface area contributed by atoms with E-state index in [1.165, 1.54) is 7.11 Å². The topological polar surface area (TPSA) is 96.9 Å². The SMILES string of the molecule is COCCC(NC(=O)NC(COC)C(C)C)C(=O)O. The van der Waals surface area contributed by atoms with Gasteiger partial charge in [-0.15, -0.1) is 0 Å². The number of carbonyl (C=O) groups is 2. The first-order chi connectivity index (χ1) is 8.92. The van der Waals surface area contributed by atoms with Gasteiger partial charge in [0.1, 0.15) is 6.04 Å². The van der Waals surface area contributed by atoms with Crippen molar-refractivity contribution in [2.24, 2.45) is 5.92 Å². The Bertz CT molecular complexity index is 283. The molecule has 0 rings (SSSR count). The monoisotopic (exact) mass is 276 g/mol. The van der Waals surface area contributed by atoms with Crippen molar-refractivity contribution in [1.82, 2.24) is 10.6 Å². The summed E-state index contributed by atoms with van der Waals surface area (Å²) < 4.78 is 9.81. The molecule has 19 heavy (non-hydrogen) atoms. The molecular weight excluding hydrogens is 252 g/mol. The summed E-state index contributed by atoms with van der Waals surface area (Å²) in [5.74, 6) is -0.895. The minimum absolute atomic E-state index is 0.165. The molecule has 7 nitrogen and oxygen atoms in total. The smallest absolute Gasteiger partial charge is 0.326 e. The Labute approximate surface area is 113 Å². The second-order valence-corrected chi connectivity index (χ2v) is 4.60. The maximum absolute atomic E-state index is 11.7. The number of amides is 2. The lowest BCUT2D eigenvalue weighted by Crippen LogP contribution is -2.51. The van der Waals surface area contributed by atoms with Gasteiger partial charge in [-0.25, -0.2) is 9.59 Å². The second kappa shape index (κ2) is 9.57. The number of nitrogens with one attached hydrogen (secondary N) is 2. The highest BCUT2D eigenvalue weighted by molar-refractivity contribution is 5.82. The largest absolute Gasteiger partial charge is 0.480 e. The average molecular weight is 276 g/mol. The fourth-order valence-electron chi connectivity index (χ4n) is 1.44. The molecule has 7 heteroatoms. The summed E-state index contributed by atoms with van der Waals surface area (Å²) in [6.07, 6.45) is 0.218. The molecule has 0 aliphatic rings. The molecule has 0 aliphatic heterocycles. The summed E-state index contributed by atoms with van der Waals surface area (Å²) in [5, 5.41) is 14.1. The highest BCUT2D eigenvalue weighted by Gasteiger charge is 2.22. The van der Waals surface area contributed by atoms with E-state index in [-0.39, 0.29) is 25.0 Å². The van der Waals surface area contributed by atoms with Crippen molar-refractivity contribution in [2.75, 3.05) is 27.4 Å². The number of rotatable bonds is 9. The normalized spacial score (nSPS) is 13.9. The average Bonchev–Trinajstić information content (AvgIpc) is 2.33. The molecule has 0 fully saturated rings. The van der Waals surface area contributed by atoms with E-state index in [1.54, 1.807) is 7.11 Å². The van der Waals surface area contributed by atoms with Gasteiger partial charge in [-0.05, 0) is 5.92 Å². The summed E-state index contributed by atoms with van der Waals surface area (Å²) >= 11 is 0. The van der Waals surface area contributed by atoms with Crippen molar-refractivity contribution < 1.29 is 24.2 Å². The Morgan fingerprint density at radius 3 is 2.21 bits per heavy atom. The first kappa shape index (κ1) is 17.7. The number of hydrogen-bond acceptors (Lipinski definition) is 4. The molecule has 0 aromatic carbocycles. The van der Waals surface area contributed by atoms with E-state index < -0.39 is 18.0 Å². The zero-order valence-corrected chi connectivity index (χ0v) is 11.9. The molecule has 0 bridgehead atoms. The van der Waals surface area contributed by atoms with E-state index in [4.69, 9.17) is 14.6 Å².